The van der Waals surface area contributed by atoms with Crippen molar-refractivity contribution in [3.63, 3.8) is 0 Å². The lowest BCUT2D eigenvalue weighted by Crippen LogP contribution is -2.47. The summed E-state index contributed by atoms with van der Waals surface area (Å²) in [5.41, 5.74) is 0.152. The molecule has 2 N–H and O–H groups in total. The minimum atomic E-state index is -2.83. The first-order valence-electron chi connectivity index (χ1n) is 9.47. The van der Waals surface area contributed by atoms with E-state index in [0.29, 0.717) is 6.42 Å². The summed E-state index contributed by atoms with van der Waals surface area (Å²) in [6.07, 6.45) is -2.54. The molecule has 0 aliphatic rings. The minimum Gasteiger partial charge on any atom is -0.342 e. The van der Waals surface area contributed by atoms with Crippen molar-refractivity contribution in [2.75, 3.05) is 6.54 Å². The third-order valence-corrected chi connectivity index (χ3v) is 4.52. The maximum absolute atomic E-state index is 14.0. The first-order chi connectivity index (χ1) is 14.2. The Morgan fingerprint density at radius 2 is 1.67 bits per heavy atom. The summed E-state index contributed by atoms with van der Waals surface area (Å²) in [6, 6.07) is 8.28. The van der Waals surface area contributed by atoms with Gasteiger partial charge in [0.1, 0.15) is 18.2 Å². The molecular formula is C22H23F4N3O. The number of hydrogen-bond acceptors (Lipinski definition) is 3. The van der Waals surface area contributed by atoms with Crippen LogP contribution in [0, 0.1) is 28.9 Å². The molecule has 2 rings (SSSR count). The number of nitrogens with one attached hydrogen (secondary N) is 2. The van der Waals surface area contributed by atoms with Gasteiger partial charge in [-0.2, -0.15) is 5.26 Å². The van der Waals surface area contributed by atoms with E-state index in [4.69, 9.17) is 5.26 Å². The number of amides is 1. The lowest BCUT2D eigenvalue weighted by atomic mass is 9.97. The van der Waals surface area contributed by atoms with Gasteiger partial charge in [0.25, 0.3) is 6.43 Å². The number of nitrogens with zero attached hydrogens (tertiary/aromatic N) is 1. The number of carbonyl (C=O) groups is 1. The highest BCUT2D eigenvalue weighted by Gasteiger charge is 2.29. The van der Waals surface area contributed by atoms with Crippen molar-refractivity contribution in [3.8, 4) is 17.2 Å². The van der Waals surface area contributed by atoms with E-state index in [1.165, 1.54) is 30.3 Å². The van der Waals surface area contributed by atoms with Crippen LogP contribution in [0.25, 0.3) is 11.1 Å². The molecule has 0 saturated carbocycles. The highest BCUT2D eigenvalue weighted by molar-refractivity contribution is 5.82. The molecule has 160 valence electrons. The molecule has 0 fully saturated rings. The molecule has 1 amide bonds. The minimum absolute atomic E-state index is 0.0417. The van der Waals surface area contributed by atoms with Crippen LogP contribution in [0.2, 0.25) is 0 Å². The van der Waals surface area contributed by atoms with Crippen LogP contribution in [0.3, 0.4) is 0 Å². The Hall–Kier alpha value is -2.92. The van der Waals surface area contributed by atoms with Gasteiger partial charge < -0.3 is 5.32 Å². The molecule has 2 aromatic rings. The molecule has 0 aliphatic heterocycles. The molecule has 2 atom stereocenters. The van der Waals surface area contributed by atoms with Crippen LogP contribution in [-0.2, 0) is 4.79 Å². The van der Waals surface area contributed by atoms with Gasteiger partial charge in [-0.3, -0.25) is 10.1 Å². The normalized spacial score (nSPS) is 13.2. The molecule has 1 unspecified atom stereocenters. The zero-order valence-corrected chi connectivity index (χ0v) is 16.6. The van der Waals surface area contributed by atoms with Crippen LogP contribution in [0.5, 0.6) is 0 Å². The summed E-state index contributed by atoms with van der Waals surface area (Å²) < 4.78 is 55.5. The summed E-state index contributed by atoms with van der Waals surface area (Å²) in [5.74, 6) is -2.00. The molecule has 0 bridgehead atoms. The first-order valence-corrected chi connectivity index (χ1v) is 9.47. The van der Waals surface area contributed by atoms with Gasteiger partial charge in [0.2, 0.25) is 5.91 Å². The number of halogens is 4. The van der Waals surface area contributed by atoms with E-state index in [9.17, 15) is 22.4 Å². The van der Waals surface area contributed by atoms with E-state index in [-0.39, 0.29) is 29.2 Å². The zero-order valence-electron chi connectivity index (χ0n) is 16.6. The summed E-state index contributed by atoms with van der Waals surface area (Å²) in [7, 11) is 0. The van der Waals surface area contributed by atoms with Crippen molar-refractivity contribution in [1.29, 1.82) is 5.26 Å². The predicted molar refractivity (Wildman–Crippen MR) is 106 cm³/mol. The van der Waals surface area contributed by atoms with Gasteiger partial charge in [-0.25, -0.2) is 17.6 Å². The molecule has 0 aromatic heterocycles. The van der Waals surface area contributed by atoms with Crippen LogP contribution in [0.15, 0.2) is 42.5 Å². The van der Waals surface area contributed by atoms with Gasteiger partial charge in [-0.05, 0) is 35.6 Å². The second kappa shape index (κ2) is 10.7. The second-order valence-electron chi connectivity index (χ2n) is 7.26. The van der Waals surface area contributed by atoms with E-state index in [0.717, 1.165) is 12.1 Å². The van der Waals surface area contributed by atoms with Crippen molar-refractivity contribution in [2.24, 2.45) is 5.92 Å². The van der Waals surface area contributed by atoms with Crippen LogP contribution in [0.1, 0.15) is 31.9 Å². The fourth-order valence-electron chi connectivity index (χ4n) is 3.13. The van der Waals surface area contributed by atoms with Crippen LogP contribution in [0.4, 0.5) is 17.6 Å². The highest BCUT2D eigenvalue weighted by Crippen LogP contribution is 2.29. The largest absolute Gasteiger partial charge is 0.342 e. The molecule has 0 spiro atoms. The quantitative estimate of drug-likeness (QED) is 0.460. The molecular weight excluding hydrogens is 398 g/mol. The van der Waals surface area contributed by atoms with Gasteiger partial charge >= 0.3 is 0 Å². The Kier molecular flexibility index (Phi) is 8.36. The Labute approximate surface area is 172 Å². The Balaban J connectivity index is 2.28. The van der Waals surface area contributed by atoms with Gasteiger partial charge in [-0.15, -0.1) is 0 Å². The number of nitriles is 1. The molecule has 2 aromatic carbocycles. The third-order valence-electron chi connectivity index (χ3n) is 4.52. The summed E-state index contributed by atoms with van der Waals surface area (Å²) in [6.45, 7) is 3.47. The van der Waals surface area contributed by atoms with Gasteiger partial charge in [0, 0.05) is 0 Å². The van der Waals surface area contributed by atoms with Crippen molar-refractivity contribution in [2.45, 2.75) is 38.8 Å². The van der Waals surface area contributed by atoms with E-state index in [2.05, 4.69) is 10.6 Å². The Bertz CT molecular complexity index is 874. The average Bonchev–Trinajstić information content (AvgIpc) is 2.69. The second-order valence-corrected chi connectivity index (χ2v) is 7.26. The van der Waals surface area contributed by atoms with E-state index < -0.39 is 36.1 Å². The number of benzene rings is 2. The number of rotatable bonds is 9. The molecule has 0 radical (unpaired) electrons. The molecule has 0 heterocycles. The summed E-state index contributed by atoms with van der Waals surface area (Å²) >= 11 is 0. The van der Waals surface area contributed by atoms with Crippen LogP contribution < -0.4 is 10.6 Å². The lowest BCUT2D eigenvalue weighted by Gasteiger charge is -2.26. The summed E-state index contributed by atoms with van der Waals surface area (Å²) in [5, 5.41) is 13.7. The van der Waals surface area contributed by atoms with Crippen LogP contribution in [-0.4, -0.2) is 24.9 Å². The van der Waals surface area contributed by atoms with Crippen molar-refractivity contribution >= 4 is 5.91 Å². The van der Waals surface area contributed by atoms with Crippen LogP contribution >= 0.6 is 0 Å². The van der Waals surface area contributed by atoms with Crippen molar-refractivity contribution in [3.05, 3.63) is 59.7 Å². The maximum Gasteiger partial charge on any atom is 0.257 e. The van der Waals surface area contributed by atoms with E-state index in [1.54, 1.807) is 6.07 Å². The smallest absolute Gasteiger partial charge is 0.257 e. The first kappa shape index (κ1) is 23.4. The van der Waals surface area contributed by atoms with Crippen molar-refractivity contribution < 1.29 is 22.4 Å². The lowest BCUT2D eigenvalue weighted by molar-refractivity contribution is -0.123. The SMILES string of the molecule is CC(C)C[C@H](NC(c1ccc(-c2c(F)cccc2F)cc1)C(F)F)C(=O)NCC#N. The number of carbonyl (C=O) groups excluding carboxylic acids is 1. The Morgan fingerprint density at radius 3 is 2.17 bits per heavy atom. The zero-order chi connectivity index (χ0) is 22.3. The standard InChI is InChI=1S/C22H23F4N3O/c1-13(2)12-18(22(30)28-11-10-27)29-20(21(25)26)15-8-6-14(7-9-15)19-16(23)4-3-5-17(19)24/h3-9,13,18,20-21,29H,11-12H2,1-2H3,(H,28,30)/t18-,20?/m0/s1. The number of alkyl halides is 2. The maximum atomic E-state index is 14.0. The van der Waals surface area contributed by atoms with E-state index >= 15 is 0 Å². The van der Waals surface area contributed by atoms with Gasteiger partial charge in [-0.1, -0.05) is 44.2 Å². The predicted octanol–water partition coefficient (Wildman–Crippen LogP) is 4.58. The highest BCUT2D eigenvalue weighted by atomic mass is 19.3. The van der Waals surface area contributed by atoms with Gasteiger partial charge in [0.15, 0.2) is 0 Å². The van der Waals surface area contributed by atoms with Gasteiger partial charge in [0.05, 0.1) is 23.7 Å². The molecule has 4 nitrogen and oxygen atoms in total. The molecule has 0 saturated heterocycles. The fourth-order valence-corrected chi connectivity index (χ4v) is 3.13. The third kappa shape index (κ3) is 6.04. The fraction of sp³-hybridized carbons (Fsp3) is 0.364. The summed E-state index contributed by atoms with van der Waals surface area (Å²) in [4.78, 5) is 12.3. The Morgan fingerprint density at radius 1 is 1.07 bits per heavy atom. The topological polar surface area (TPSA) is 64.9 Å². The van der Waals surface area contributed by atoms with E-state index in [1.807, 2.05) is 13.8 Å². The van der Waals surface area contributed by atoms with Crippen molar-refractivity contribution in [1.82, 2.24) is 10.6 Å². The average molecular weight is 421 g/mol. The number of hydrogen-bond donors (Lipinski definition) is 2. The molecule has 30 heavy (non-hydrogen) atoms. The molecule has 0 aliphatic carbocycles. The molecule has 8 heteroatoms. The monoisotopic (exact) mass is 421 g/mol.